The molecule has 0 amide bonds. The summed E-state index contributed by atoms with van der Waals surface area (Å²) in [6.45, 7) is 0.0456. The van der Waals surface area contributed by atoms with Crippen molar-refractivity contribution in [3.8, 4) is 22.3 Å². The predicted molar refractivity (Wildman–Crippen MR) is 218 cm³/mol. The standard InChI is InChI=1S/C48H26BNO3/c1-5-15-37-29(10-1)36-25-28(27-20-23-44-35(24-27)32-13-4-6-17-41(32)51-44)26-40-45(36)49(37)38-22-21-34-31-12-3-8-19-43(31)53-48(34)46(38)50(40)39-16-9-14-33-30-11-2-7-18-42(30)52-47(33)39/h1-26H. The van der Waals surface area contributed by atoms with Crippen LogP contribution in [0.5, 0.6) is 0 Å². The van der Waals surface area contributed by atoms with Crippen molar-refractivity contribution in [2.45, 2.75) is 0 Å². The first-order chi connectivity index (χ1) is 26.3. The fraction of sp³-hybridized carbons (Fsp3) is 0. The second kappa shape index (κ2) is 9.87. The van der Waals surface area contributed by atoms with Gasteiger partial charge in [-0.3, -0.25) is 0 Å². The molecule has 8 aromatic carbocycles. The first-order valence-corrected chi connectivity index (χ1v) is 18.1. The second-order valence-corrected chi connectivity index (χ2v) is 14.4. The molecule has 5 heterocycles. The zero-order valence-electron chi connectivity index (χ0n) is 28.3. The van der Waals surface area contributed by atoms with E-state index >= 15 is 0 Å². The molecule has 244 valence electrons. The molecular formula is C48H26BNO3. The van der Waals surface area contributed by atoms with Crippen LogP contribution in [-0.2, 0) is 0 Å². The van der Waals surface area contributed by atoms with E-state index in [1.807, 2.05) is 24.3 Å². The van der Waals surface area contributed by atoms with Crippen LogP contribution in [0.4, 0.5) is 17.1 Å². The summed E-state index contributed by atoms with van der Waals surface area (Å²) in [5.41, 5.74) is 17.1. The smallest absolute Gasteiger partial charge is 0.248 e. The van der Waals surface area contributed by atoms with Gasteiger partial charge < -0.3 is 18.2 Å². The quantitative estimate of drug-likeness (QED) is 0.171. The Morgan fingerprint density at radius 2 is 1.02 bits per heavy atom. The van der Waals surface area contributed by atoms with Gasteiger partial charge in [-0.25, -0.2) is 0 Å². The molecular weight excluding hydrogens is 649 g/mol. The fourth-order valence-electron chi connectivity index (χ4n) is 9.43. The summed E-state index contributed by atoms with van der Waals surface area (Å²) in [6, 6.07) is 56.3. The highest BCUT2D eigenvalue weighted by atomic mass is 16.3. The Morgan fingerprint density at radius 3 is 1.83 bits per heavy atom. The van der Waals surface area contributed by atoms with E-state index in [-0.39, 0.29) is 6.71 Å². The van der Waals surface area contributed by atoms with Crippen LogP contribution in [-0.4, -0.2) is 6.71 Å². The van der Waals surface area contributed by atoms with Crippen LogP contribution < -0.4 is 21.3 Å². The summed E-state index contributed by atoms with van der Waals surface area (Å²) >= 11 is 0. The average molecular weight is 676 g/mol. The number of anilines is 3. The Morgan fingerprint density at radius 1 is 0.377 bits per heavy atom. The fourth-order valence-corrected chi connectivity index (χ4v) is 9.43. The van der Waals surface area contributed by atoms with Crippen LogP contribution in [0.25, 0.3) is 88.1 Å². The third-order valence-electron chi connectivity index (χ3n) is 11.7. The molecule has 5 heteroatoms. The number of hydrogen-bond donors (Lipinski definition) is 0. The predicted octanol–water partition coefficient (Wildman–Crippen LogP) is 11.3. The molecule has 4 nitrogen and oxygen atoms in total. The SMILES string of the molecule is c1ccc2c(c1)B1c3ccc4c(oc5ccccc54)c3N(c3cccc4c3oc3ccccc34)c3cc(-c4ccc5oc6ccccc6c5c4)cc-2c31. The molecule has 0 unspecified atom stereocenters. The van der Waals surface area contributed by atoms with Gasteiger partial charge in [0.2, 0.25) is 6.71 Å². The van der Waals surface area contributed by atoms with Gasteiger partial charge >= 0.3 is 0 Å². The van der Waals surface area contributed by atoms with Crippen molar-refractivity contribution in [2.24, 2.45) is 0 Å². The van der Waals surface area contributed by atoms with E-state index in [0.29, 0.717) is 0 Å². The molecule has 0 saturated heterocycles. The van der Waals surface area contributed by atoms with Crippen molar-refractivity contribution in [1.82, 2.24) is 0 Å². The zero-order valence-corrected chi connectivity index (χ0v) is 28.3. The minimum atomic E-state index is 0.0456. The van der Waals surface area contributed by atoms with Gasteiger partial charge in [0.15, 0.2) is 11.2 Å². The van der Waals surface area contributed by atoms with Crippen LogP contribution in [0, 0.1) is 0 Å². The normalized spacial score (nSPS) is 13.2. The number of rotatable bonds is 2. The van der Waals surface area contributed by atoms with Gasteiger partial charge in [0.25, 0.3) is 0 Å². The molecule has 0 spiro atoms. The number of fused-ring (bicyclic) bond motifs is 15. The molecule has 53 heavy (non-hydrogen) atoms. The van der Waals surface area contributed by atoms with Crippen molar-refractivity contribution in [3.63, 3.8) is 0 Å². The minimum Gasteiger partial charge on any atom is -0.456 e. The number of hydrogen-bond acceptors (Lipinski definition) is 4. The first-order valence-electron chi connectivity index (χ1n) is 18.1. The topological polar surface area (TPSA) is 42.7 Å². The molecule has 11 aromatic rings. The lowest BCUT2D eigenvalue weighted by Gasteiger charge is -2.36. The summed E-state index contributed by atoms with van der Waals surface area (Å²) in [6.07, 6.45) is 0. The van der Waals surface area contributed by atoms with E-state index in [1.165, 1.54) is 27.5 Å². The van der Waals surface area contributed by atoms with Gasteiger partial charge in [0.05, 0.1) is 11.4 Å². The van der Waals surface area contributed by atoms with Gasteiger partial charge in [0.1, 0.15) is 22.3 Å². The molecule has 0 atom stereocenters. The Labute approximate surface area is 303 Å². The summed E-state index contributed by atoms with van der Waals surface area (Å²) in [5.74, 6) is 0. The number of benzene rings is 8. The molecule has 3 aromatic heterocycles. The highest BCUT2D eigenvalue weighted by molar-refractivity contribution is 7.01. The van der Waals surface area contributed by atoms with Crippen LogP contribution in [0.15, 0.2) is 171 Å². The Kier molecular flexibility index (Phi) is 5.16. The lowest BCUT2D eigenvalue weighted by Crippen LogP contribution is -2.54. The summed E-state index contributed by atoms with van der Waals surface area (Å²) < 4.78 is 19.9. The Hall–Kier alpha value is -6.98. The van der Waals surface area contributed by atoms with Gasteiger partial charge in [-0.05, 0) is 81.7 Å². The van der Waals surface area contributed by atoms with Crippen molar-refractivity contribution < 1.29 is 13.3 Å². The molecule has 0 N–H and O–H groups in total. The summed E-state index contributed by atoms with van der Waals surface area (Å²) in [5, 5.41) is 6.64. The van der Waals surface area contributed by atoms with Crippen LogP contribution in [0.2, 0.25) is 0 Å². The third-order valence-corrected chi connectivity index (χ3v) is 11.7. The molecule has 0 radical (unpaired) electrons. The molecule has 13 rings (SSSR count). The molecule has 2 aliphatic heterocycles. The summed E-state index contributed by atoms with van der Waals surface area (Å²) in [4.78, 5) is 2.43. The van der Waals surface area contributed by atoms with Gasteiger partial charge in [0, 0.05) is 38.0 Å². The van der Waals surface area contributed by atoms with Gasteiger partial charge in [-0.15, -0.1) is 0 Å². The second-order valence-electron chi connectivity index (χ2n) is 14.4. The number of furan rings is 3. The molecule has 2 aliphatic rings. The molecule has 0 aliphatic carbocycles. The monoisotopic (exact) mass is 675 g/mol. The van der Waals surface area contributed by atoms with Crippen molar-refractivity contribution in [3.05, 3.63) is 158 Å². The van der Waals surface area contributed by atoms with Crippen LogP contribution in [0.1, 0.15) is 0 Å². The maximum atomic E-state index is 6.90. The highest BCUT2D eigenvalue weighted by Crippen LogP contribution is 2.49. The van der Waals surface area contributed by atoms with Crippen molar-refractivity contribution >= 4 is 106 Å². The van der Waals surface area contributed by atoms with E-state index in [0.717, 1.165) is 94.0 Å². The van der Waals surface area contributed by atoms with E-state index in [2.05, 4.69) is 138 Å². The largest absolute Gasteiger partial charge is 0.456 e. The van der Waals surface area contributed by atoms with Crippen molar-refractivity contribution in [1.29, 1.82) is 0 Å². The lowest BCUT2D eigenvalue weighted by molar-refractivity contribution is 0.666. The zero-order chi connectivity index (χ0) is 34.4. The van der Waals surface area contributed by atoms with E-state index in [1.54, 1.807) is 0 Å². The maximum absolute atomic E-state index is 6.90. The van der Waals surface area contributed by atoms with Gasteiger partial charge in [-0.1, -0.05) is 115 Å². The van der Waals surface area contributed by atoms with Gasteiger partial charge in [-0.2, -0.15) is 0 Å². The molecule has 0 bridgehead atoms. The number of para-hydroxylation sites is 4. The van der Waals surface area contributed by atoms with Crippen LogP contribution in [0.3, 0.4) is 0 Å². The maximum Gasteiger partial charge on any atom is 0.248 e. The lowest BCUT2D eigenvalue weighted by atomic mass is 9.37. The van der Waals surface area contributed by atoms with Crippen molar-refractivity contribution in [2.75, 3.05) is 4.90 Å². The Bertz CT molecular complexity index is 3380. The highest BCUT2D eigenvalue weighted by Gasteiger charge is 2.44. The molecule has 0 saturated carbocycles. The van der Waals surface area contributed by atoms with E-state index < -0.39 is 0 Å². The minimum absolute atomic E-state index is 0.0456. The molecule has 0 fully saturated rings. The average Bonchev–Trinajstić information content (AvgIpc) is 3.97. The third kappa shape index (κ3) is 3.56. The van der Waals surface area contributed by atoms with Crippen LogP contribution >= 0.6 is 0 Å². The first kappa shape index (κ1) is 27.7. The summed E-state index contributed by atoms with van der Waals surface area (Å²) in [7, 11) is 0. The van der Waals surface area contributed by atoms with E-state index in [9.17, 15) is 0 Å². The van der Waals surface area contributed by atoms with E-state index in [4.69, 9.17) is 13.3 Å². The number of nitrogens with zero attached hydrogens (tertiary/aromatic N) is 1. The Balaban J connectivity index is 1.18.